The van der Waals surface area contributed by atoms with Gasteiger partial charge in [0.2, 0.25) is 10.0 Å². The summed E-state index contributed by atoms with van der Waals surface area (Å²) in [5.41, 5.74) is 1.14. The highest BCUT2D eigenvalue weighted by Crippen LogP contribution is 2.28. The predicted octanol–water partition coefficient (Wildman–Crippen LogP) is 2.93. The predicted molar refractivity (Wildman–Crippen MR) is 93.1 cm³/mol. The minimum Gasteiger partial charge on any atom is -0.507 e. The number of carbonyl (C=O) groups is 1. The molecule has 132 valence electrons. The van der Waals surface area contributed by atoms with Gasteiger partial charge in [0.25, 0.3) is 0 Å². The molecular weight excluding hydrogens is 342 g/mol. The fourth-order valence-corrected chi connectivity index (χ4v) is 4.48. The van der Waals surface area contributed by atoms with Crippen molar-refractivity contribution in [2.75, 3.05) is 13.1 Å². The summed E-state index contributed by atoms with van der Waals surface area (Å²) < 4.78 is 26.8. The molecule has 0 amide bonds. The van der Waals surface area contributed by atoms with E-state index in [1.54, 1.807) is 30.3 Å². The number of rotatable bonds is 4. The van der Waals surface area contributed by atoms with Crippen LogP contribution < -0.4 is 0 Å². The number of phenols is 1. The average Bonchev–Trinajstić information content (AvgIpc) is 2.62. The van der Waals surface area contributed by atoms with Gasteiger partial charge in [0.1, 0.15) is 11.3 Å². The van der Waals surface area contributed by atoms with Crippen molar-refractivity contribution in [2.45, 2.75) is 24.2 Å². The summed E-state index contributed by atoms with van der Waals surface area (Å²) in [5.74, 6) is -1.53. The summed E-state index contributed by atoms with van der Waals surface area (Å²) in [6.07, 6.45) is 2.82. The molecule has 2 N–H and O–H groups in total. The molecule has 0 bridgehead atoms. The van der Waals surface area contributed by atoms with Crippen LogP contribution in [0, 0.1) is 0 Å². The minimum absolute atomic E-state index is 0.173. The maximum Gasteiger partial charge on any atom is 0.339 e. The van der Waals surface area contributed by atoms with Crippen LogP contribution in [0.2, 0.25) is 0 Å². The number of aromatic carboxylic acids is 1. The fourth-order valence-electron chi connectivity index (χ4n) is 2.97. The van der Waals surface area contributed by atoms with Gasteiger partial charge in [0.15, 0.2) is 0 Å². The van der Waals surface area contributed by atoms with Crippen LogP contribution in [0.5, 0.6) is 5.75 Å². The van der Waals surface area contributed by atoms with E-state index in [2.05, 4.69) is 0 Å². The van der Waals surface area contributed by atoms with Crippen molar-refractivity contribution >= 4 is 16.0 Å². The molecule has 1 fully saturated rings. The van der Waals surface area contributed by atoms with Crippen molar-refractivity contribution in [1.29, 1.82) is 0 Å². The van der Waals surface area contributed by atoms with E-state index in [0.717, 1.165) is 19.3 Å². The third-order valence-electron chi connectivity index (χ3n) is 4.37. The van der Waals surface area contributed by atoms with E-state index < -0.39 is 16.0 Å². The van der Waals surface area contributed by atoms with Gasteiger partial charge in [-0.1, -0.05) is 24.6 Å². The smallest absolute Gasteiger partial charge is 0.339 e. The fraction of sp³-hybridized carbons (Fsp3) is 0.278. The van der Waals surface area contributed by atoms with Crippen LogP contribution in [0.4, 0.5) is 0 Å². The van der Waals surface area contributed by atoms with E-state index >= 15 is 0 Å². The van der Waals surface area contributed by atoms with E-state index in [1.807, 2.05) is 0 Å². The summed E-state index contributed by atoms with van der Waals surface area (Å²) >= 11 is 0. The second-order valence-corrected chi connectivity index (χ2v) is 7.96. The molecule has 0 radical (unpaired) electrons. The number of aromatic hydroxyl groups is 1. The number of benzene rings is 2. The molecule has 2 aromatic carbocycles. The second-order valence-electron chi connectivity index (χ2n) is 6.03. The molecule has 1 aliphatic rings. The van der Waals surface area contributed by atoms with Crippen molar-refractivity contribution in [1.82, 2.24) is 4.31 Å². The maximum absolute atomic E-state index is 12.6. The lowest BCUT2D eigenvalue weighted by Crippen LogP contribution is -2.35. The van der Waals surface area contributed by atoms with Crippen LogP contribution in [0.1, 0.15) is 29.6 Å². The number of carboxylic acid groups (broad SMARTS) is 1. The van der Waals surface area contributed by atoms with Gasteiger partial charge >= 0.3 is 5.97 Å². The summed E-state index contributed by atoms with van der Waals surface area (Å²) in [4.78, 5) is 11.2. The van der Waals surface area contributed by atoms with Crippen LogP contribution in [0.15, 0.2) is 47.4 Å². The number of piperidine rings is 1. The van der Waals surface area contributed by atoms with Gasteiger partial charge in [0, 0.05) is 13.1 Å². The van der Waals surface area contributed by atoms with Crippen LogP contribution in [0.3, 0.4) is 0 Å². The van der Waals surface area contributed by atoms with Crippen LogP contribution >= 0.6 is 0 Å². The molecule has 25 heavy (non-hydrogen) atoms. The zero-order chi connectivity index (χ0) is 18.0. The molecule has 0 aromatic heterocycles. The Bertz CT molecular complexity index is 884. The lowest BCUT2D eigenvalue weighted by molar-refractivity contribution is 0.0693. The third-order valence-corrected chi connectivity index (χ3v) is 6.28. The van der Waals surface area contributed by atoms with Gasteiger partial charge in [-0.2, -0.15) is 4.31 Å². The van der Waals surface area contributed by atoms with Crippen molar-refractivity contribution in [3.63, 3.8) is 0 Å². The summed E-state index contributed by atoms with van der Waals surface area (Å²) in [6, 6.07) is 10.7. The first-order valence-electron chi connectivity index (χ1n) is 8.06. The highest BCUT2D eigenvalue weighted by atomic mass is 32.2. The molecule has 0 spiro atoms. The minimum atomic E-state index is -3.48. The van der Waals surface area contributed by atoms with Gasteiger partial charge in [-0.05, 0) is 48.2 Å². The van der Waals surface area contributed by atoms with E-state index in [1.165, 1.54) is 16.4 Å². The Morgan fingerprint density at radius 1 is 0.920 bits per heavy atom. The number of sulfonamides is 1. The van der Waals surface area contributed by atoms with E-state index in [4.69, 9.17) is 5.11 Å². The normalized spacial score (nSPS) is 15.8. The zero-order valence-corrected chi connectivity index (χ0v) is 14.4. The van der Waals surface area contributed by atoms with Gasteiger partial charge in [-0.3, -0.25) is 0 Å². The standard InChI is InChI=1S/C18H19NO5S/c20-17-12-14(6-9-16(17)18(21)22)13-4-7-15(8-5-13)25(23,24)19-10-2-1-3-11-19/h4-9,12,20H,1-3,10-11H2,(H,21,22). The molecule has 0 aliphatic carbocycles. The van der Waals surface area contributed by atoms with Crippen LogP contribution in [-0.2, 0) is 10.0 Å². The monoisotopic (exact) mass is 361 g/mol. The lowest BCUT2D eigenvalue weighted by atomic mass is 10.0. The molecule has 1 saturated heterocycles. The van der Waals surface area contributed by atoms with E-state index in [9.17, 15) is 18.3 Å². The summed E-state index contributed by atoms with van der Waals surface area (Å²) in [7, 11) is -3.48. The zero-order valence-electron chi connectivity index (χ0n) is 13.6. The highest BCUT2D eigenvalue weighted by molar-refractivity contribution is 7.89. The van der Waals surface area contributed by atoms with E-state index in [0.29, 0.717) is 24.2 Å². The van der Waals surface area contributed by atoms with Crippen molar-refractivity contribution < 1.29 is 23.4 Å². The van der Waals surface area contributed by atoms with Gasteiger partial charge in [-0.15, -0.1) is 0 Å². The Hall–Kier alpha value is -2.38. The first-order chi connectivity index (χ1) is 11.9. The first kappa shape index (κ1) is 17.4. The molecule has 6 nitrogen and oxygen atoms in total. The Labute approximate surface area is 146 Å². The van der Waals surface area contributed by atoms with Crippen LogP contribution in [-0.4, -0.2) is 42.0 Å². The molecule has 0 atom stereocenters. The lowest BCUT2D eigenvalue weighted by Gasteiger charge is -2.25. The highest BCUT2D eigenvalue weighted by Gasteiger charge is 2.25. The molecular formula is C18H19NO5S. The van der Waals surface area contributed by atoms with Gasteiger partial charge in [0.05, 0.1) is 4.90 Å². The number of hydrogen-bond acceptors (Lipinski definition) is 4. The summed E-state index contributed by atoms with van der Waals surface area (Å²) in [6.45, 7) is 1.10. The van der Waals surface area contributed by atoms with Gasteiger partial charge in [-0.25, -0.2) is 13.2 Å². The number of hydrogen-bond donors (Lipinski definition) is 2. The second kappa shape index (κ2) is 6.85. The number of carboxylic acids is 1. The summed E-state index contributed by atoms with van der Waals surface area (Å²) in [5, 5.41) is 18.7. The molecule has 7 heteroatoms. The molecule has 1 aliphatic heterocycles. The molecule has 0 unspecified atom stereocenters. The average molecular weight is 361 g/mol. The van der Waals surface area contributed by atoms with Crippen molar-refractivity contribution in [3.05, 3.63) is 48.0 Å². The molecule has 1 heterocycles. The largest absolute Gasteiger partial charge is 0.507 e. The Kier molecular flexibility index (Phi) is 4.78. The quantitative estimate of drug-likeness (QED) is 0.873. The molecule has 2 aromatic rings. The Balaban J connectivity index is 1.87. The third kappa shape index (κ3) is 3.52. The van der Waals surface area contributed by atoms with Crippen molar-refractivity contribution in [2.24, 2.45) is 0 Å². The Morgan fingerprint density at radius 2 is 1.52 bits per heavy atom. The molecule has 3 rings (SSSR count). The Morgan fingerprint density at radius 3 is 2.08 bits per heavy atom. The molecule has 0 saturated carbocycles. The van der Waals surface area contributed by atoms with Crippen molar-refractivity contribution in [3.8, 4) is 16.9 Å². The maximum atomic E-state index is 12.6. The SMILES string of the molecule is O=C(O)c1ccc(-c2ccc(S(=O)(=O)N3CCCCC3)cc2)cc1O. The topological polar surface area (TPSA) is 94.9 Å². The number of nitrogens with zero attached hydrogens (tertiary/aromatic N) is 1. The first-order valence-corrected chi connectivity index (χ1v) is 9.50. The van der Waals surface area contributed by atoms with Gasteiger partial charge < -0.3 is 10.2 Å². The van der Waals surface area contributed by atoms with Crippen LogP contribution in [0.25, 0.3) is 11.1 Å². The van der Waals surface area contributed by atoms with E-state index in [-0.39, 0.29) is 16.2 Å².